The topological polar surface area (TPSA) is 21.8 Å². The second kappa shape index (κ2) is 5.06. The summed E-state index contributed by atoms with van der Waals surface area (Å²) in [6.45, 7) is 12.5. The highest BCUT2D eigenvalue weighted by Crippen LogP contribution is 2.29. The number of nitrogens with zero attached hydrogens (tertiary/aromatic N) is 3. The molecule has 114 valence electrons. The lowest BCUT2D eigenvalue weighted by Crippen LogP contribution is -2.79. The molecule has 0 unspecified atom stereocenters. The summed E-state index contributed by atoms with van der Waals surface area (Å²) in [5.41, 5.74) is 3.10. The maximum absolute atomic E-state index is 3.87. The predicted molar refractivity (Wildman–Crippen MR) is 84.8 cm³/mol. The normalized spacial score (nSPS) is 37.4. The molecule has 0 spiro atoms. The van der Waals surface area contributed by atoms with Gasteiger partial charge in [0.1, 0.15) is 0 Å². The molecule has 0 aliphatic carbocycles. The largest absolute Gasteiger partial charge is 0.304 e. The van der Waals surface area contributed by atoms with E-state index in [1.165, 1.54) is 30.8 Å². The van der Waals surface area contributed by atoms with Gasteiger partial charge in [0.05, 0.1) is 25.5 Å². The Morgan fingerprint density at radius 2 is 1.48 bits per heavy atom. The summed E-state index contributed by atoms with van der Waals surface area (Å²) in [5, 5.41) is 3.87. The fraction of sp³-hybridized carbons (Fsp3) is 0.647. The number of benzene rings is 1. The molecule has 4 bridgehead atoms. The molecule has 4 heteroatoms. The molecule has 4 fully saturated rings. The van der Waals surface area contributed by atoms with E-state index >= 15 is 0 Å². The summed E-state index contributed by atoms with van der Waals surface area (Å²) in [4.78, 5) is 7.68. The molecule has 4 aliphatic rings. The summed E-state index contributed by atoms with van der Waals surface area (Å²) >= 11 is 0. The lowest BCUT2D eigenvalue weighted by Gasteiger charge is -2.60. The van der Waals surface area contributed by atoms with Gasteiger partial charge in [-0.3, -0.25) is 14.7 Å². The Balaban J connectivity index is 1.42. The van der Waals surface area contributed by atoms with E-state index in [2.05, 4.69) is 58.1 Å². The van der Waals surface area contributed by atoms with E-state index in [-0.39, 0.29) is 5.54 Å². The van der Waals surface area contributed by atoms with Crippen LogP contribution in [0.3, 0.4) is 0 Å². The van der Waals surface area contributed by atoms with Gasteiger partial charge in [-0.05, 0) is 17.0 Å². The average Bonchev–Trinajstić information content (AvgIpc) is 2.44. The van der Waals surface area contributed by atoms with E-state index < -0.39 is 0 Å². The fourth-order valence-corrected chi connectivity index (χ4v) is 4.19. The first-order chi connectivity index (χ1) is 10.1. The van der Waals surface area contributed by atoms with Gasteiger partial charge < -0.3 is 5.32 Å². The van der Waals surface area contributed by atoms with Gasteiger partial charge in [-0.2, -0.15) is 0 Å². The van der Waals surface area contributed by atoms with Crippen molar-refractivity contribution in [2.75, 3.05) is 39.6 Å². The minimum Gasteiger partial charge on any atom is -0.304 e. The van der Waals surface area contributed by atoms with Crippen molar-refractivity contribution in [3.8, 4) is 0 Å². The average molecular weight is 286 g/mol. The van der Waals surface area contributed by atoms with Crippen LogP contribution in [0.15, 0.2) is 24.3 Å². The molecular formula is C17H26N4. The Kier molecular flexibility index (Phi) is 3.30. The molecule has 0 atom stereocenters. The van der Waals surface area contributed by atoms with E-state index in [1.54, 1.807) is 0 Å². The van der Waals surface area contributed by atoms with Gasteiger partial charge in [0, 0.05) is 26.2 Å². The molecule has 0 amide bonds. The third kappa shape index (κ3) is 2.61. The van der Waals surface area contributed by atoms with Crippen LogP contribution in [-0.4, -0.2) is 59.9 Å². The van der Waals surface area contributed by atoms with Crippen LogP contribution >= 0.6 is 0 Å². The summed E-state index contributed by atoms with van der Waals surface area (Å²) in [7, 11) is 0. The van der Waals surface area contributed by atoms with Gasteiger partial charge in [-0.25, -0.2) is 0 Å². The molecular weight excluding hydrogens is 260 g/mol. The molecule has 0 saturated carbocycles. The van der Waals surface area contributed by atoms with Crippen molar-refractivity contribution < 1.29 is 0 Å². The molecule has 4 heterocycles. The number of hydrogen-bond donors (Lipinski definition) is 1. The zero-order valence-corrected chi connectivity index (χ0v) is 13.2. The van der Waals surface area contributed by atoms with E-state index in [0.29, 0.717) is 5.92 Å². The van der Waals surface area contributed by atoms with Crippen LogP contribution in [0.1, 0.15) is 30.9 Å². The van der Waals surface area contributed by atoms with Crippen molar-refractivity contribution in [2.24, 2.45) is 0 Å². The Hall–Kier alpha value is -0.940. The summed E-state index contributed by atoms with van der Waals surface area (Å²) in [6.07, 6.45) is 0. The zero-order chi connectivity index (χ0) is 14.4. The molecule has 4 saturated heterocycles. The van der Waals surface area contributed by atoms with Gasteiger partial charge in [0.25, 0.3) is 0 Å². The van der Waals surface area contributed by atoms with E-state index in [4.69, 9.17) is 0 Å². The van der Waals surface area contributed by atoms with Crippen LogP contribution in [0, 0.1) is 0 Å². The maximum Gasteiger partial charge on any atom is 0.0571 e. The second-order valence-corrected chi connectivity index (χ2v) is 7.44. The lowest BCUT2D eigenvalue weighted by atomic mass is 9.90. The Labute approximate surface area is 127 Å². The van der Waals surface area contributed by atoms with Gasteiger partial charge >= 0.3 is 0 Å². The highest BCUT2D eigenvalue weighted by Gasteiger charge is 2.48. The third-order valence-electron chi connectivity index (χ3n) is 5.09. The van der Waals surface area contributed by atoms with Gasteiger partial charge in [-0.1, -0.05) is 38.1 Å². The van der Waals surface area contributed by atoms with Crippen LogP contribution in [-0.2, 0) is 6.54 Å². The van der Waals surface area contributed by atoms with Crippen molar-refractivity contribution in [1.82, 2.24) is 20.0 Å². The van der Waals surface area contributed by atoms with Crippen LogP contribution in [0.4, 0.5) is 0 Å². The molecule has 5 rings (SSSR count). The quantitative estimate of drug-likeness (QED) is 0.904. The zero-order valence-electron chi connectivity index (χ0n) is 13.2. The SMILES string of the molecule is CC(C)c1ccc(CNC23CN4CN(CN(C4)C2)C3)cc1. The summed E-state index contributed by atoms with van der Waals surface area (Å²) in [6, 6.07) is 9.11. The number of nitrogens with one attached hydrogen (secondary N) is 1. The monoisotopic (exact) mass is 286 g/mol. The maximum atomic E-state index is 3.87. The lowest BCUT2D eigenvalue weighted by molar-refractivity contribution is -0.150. The standard InChI is InChI=1S/C17H26N4/c1-14(2)16-5-3-15(4-6-16)7-18-17-8-19-11-20(9-17)13-21(10-17)12-19/h3-6,14,18H,7-13H2,1-2H3. The van der Waals surface area contributed by atoms with Crippen molar-refractivity contribution in [3.05, 3.63) is 35.4 Å². The molecule has 1 aromatic rings. The number of rotatable bonds is 4. The molecule has 4 aliphatic heterocycles. The molecule has 0 radical (unpaired) electrons. The minimum atomic E-state index is 0.269. The molecule has 21 heavy (non-hydrogen) atoms. The van der Waals surface area contributed by atoms with E-state index in [1.807, 2.05) is 0 Å². The Morgan fingerprint density at radius 3 is 1.95 bits per heavy atom. The van der Waals surface area contributed by atoms with Crippen LogP contribution in [0.2, 0.25) is 0 Å². The van der Waals surface area contributed by atoms with Crippen molar-refractivity contribution in [1.29, 1.82) is 0 Å². The summed E-state index contributed by atoms with van der Waals surface area (Å²) in [5.74, 6) is 0.614. The first-order valence-electron chi connectivity index (χ1n) is 8.13. The Morgan fingerprint density at radius 1 is 0.952 bits per heavy atom. The molecule has 1 N–H and O–H groups in total. The molecule has 4 nitrogen and oxygen atoms in total. The van der Waals surface area contributed by atoms with Crippen molar-refractivity contribution >= 4 is 0 Å². The fourth-order valence-electron chi connectivity index (χ4n) is 4.19. The van der Waals surface area contributed by atoms with Crippen LogP contribution in [0.5, 0.6) is 0 Å². The molecule has 0 aromatic heterocycles. The third-order valence-corrected chi connectivity index (χ3v) is 5.09. The Bertz CT molecular complexity index is 473. The smallest absolute Gasteiger partial charge is 0.0571 e. The predicted octanol–water partition coefficient (Wildman–Crippen LogP) is 1.46. The highest BCUT2D eigenvalue weighted by molar-refractivity contribution is 5.25. The first kappa shape index (κ1) is 13.7. The van der Waals surface area contributed by atoms with Gasteiger partial charge in [0.15, 0.2) is 0 Å². The highest BCUT2D eigenvalue weighted by atomic mass is 15.6. The van der Waals surface area contributed by atoms with E-state index in [9.17, 15) is 0 Å². The first-order valence-corrected chi connectivity index (χ1v) is 8.13. The van der Waals surface area contributed by atoms with Crippen molar-refractivity contribution in [2.45, 2.75) is 31.8 Å². The van der Waals surface area contributed by atoms with Gasteiger partial charge in [-0.15, -0.1) is 0 Å². The second-order valence-electron chi connectivity index (χ2n) is 7.44. The van der Waals surface area contributed by atoms with Gasteiger partial charge in [0.2, 0.25) is 0 Å². The summed E-state index contributed by atoms with van der Waals surface area (Å²) < 4.78 is 0. The molecule has 1 aromatic carbocycles. The van der Waals surface area contributed by atoms with Crippen molar-refractivity contribution in [3.63, 3.8) is 0 Å². The van der Waals surface area contributed by atoms with Crippen LogP contribution in [0.25, 0.3) is 0 Å². The minimum absolute atomic E-state index is 0.269. The van der Waals surface area contributed by atoms with E-state index in [0.717, 1.165) is 26.6 Å². The van der Waals surface area contributed by atoms with Crippen LogP contribution < -0.4 is 5.32 Å². The number of hydrogen-bond acceptors (Lipinski definition) is 4.